The summed E-state index contributed by atoms with van der Waals surface area (Å²) in [6.07, 6.45) is 3.74. The van der Waals surface area contributed by atoms with Crippen LogP contribution in [0.5, 0.6) is 5.75 Å². The highest BCUT2D eigenvalue weighted by Gasteiger charge is 2.30. The molecule has 1 fully saturated rings. The van der Waals surface area contributed by atoms with Crippen LogP contribution in [0.25, 0.3) is 0 Å². The first-order valence-electron chi connectivity index (χ1n) is 6.59. The number of cyclic esters (lactones) is 1. The molecule has 0 radical (unpaired) electrons. The molecule has 0 bridgehead atoms. The molecule has 2 rings (SSSR count). The van der Waals surface area contributed by atoms with Crippen molar-refractivity contribution < 1.29 is 14.3 Å². The van der Waals surface area contributed by atoms with Crippen LogP contribution in [0.4, 0.5) is 0 Å². The summed E-state index contributed by atoms with van der Waals surface area (Å²) in [5, 5.41) is 0. The Labute approximate surface area is 108 Å². The molecule has 98 valence electrons. The summed E-state index contributed by atoms with van der Waals surface area (Å²) in [7, 11) is 1.64. The van der Waals surface area contributed by atoms with Gasteiger partial charge in [0.1, 0.15) is 11.9 Å². The van der Waals surface area contributed by atoms with Gasteiger partial charge in [0.05, 0.1) is 13.0 Å². The van der Waals surface area contributed by atoms with Crippen molar-refractivity contribution in [2.24, 2.45) is 5.92 Å². The average Bonchev–Trinajstić information content (AvgIpc) is 2.41. The Morgan fingerprint density at radius 2 is 2.00 bits per heavy atom. The quantitative estimate of drug-likeness (QED) is 0.765. The van der Waals surface area contributed by atoms with E-state index in [1.165, 1.54) is 0 Å². The van der Waals surface area contributed by atoms with E-state index >= 15 is 0 Å². The number of rotatable bonds is 4. The first-order valence-corrected chi connectivity index (χ1v) is 6.59. The second-order valence-corrected chi connectivity index (χ2v) is 4.76. The van der Waals surface area contributed by atoms with Gasteiger partial charge in [-0.05, 0) is 37.0 Å². The summed E-state index contributed by atoms with van der Waals surface area (Å²) in [5.41, 5.74) is 1.05. The Morgan fingerprint density at radius 3 is 2.56 bits per heavy atom. The third kappa shape index (κ3) is 2.84. The van der Waals surface area contributed by atoms with E-state index in [-0.39, 0.29) is 18.0 Å². The maximum atomic E-state index is 11.8. The summed E-state index contributed by atoms with van der Waals surface area (Å²) >= 11 is 0. The zero-order chi connectivity index (χ0) is 13.0. The summed E-state index contributed by atoms with van der Waals surface area (Å²) in [5.74, 6) is 0.887. The molecule has 0 saturated carbocycles. The topological polar surface area (TPSA) is 35.5 Å². The standard InChI is InChI=1S/C15H20O3/c1-3-4-12-7-10-14(18-15(12)16)11-5-8-13(17-2)9-6-11/h5-6,8-9,12,14H,3-4,7,10H2,1-2H3. The number of hydrogen-bond acceptors (Lipinski definition) is 3. The van der Waals surface area contributed by atoms with Crippen LogP contribution in [-0.2, 0) is 9.53 Å². The number of hydrogen-bond donors (Lipinski definition) is 0. The number of carbonyl (C=O) groups excluding carboxylic acids is 1. The Hall–Kier alpha value is -1.51. The maximum Gasteiger partial charge on any atom is 0.309 e. The van der Waals surface area contributed by atoms with Crippen molar-refractivity contribution in [2.45, 2.75) is 38.7 Å². The van der Waals surface area contributed by atoms with Gasteiger partial charge in [-0.1, -0.05) is 25.5 Å². The smallest absolute Gasteiger partial charge is 0.309 e. The lowest BCUT2D eigenvalue weighted by Crippen LogP contribution is -2.26. The van der Waals surface area contributed by atoms with Crippen molar-refractivity contribution in [2.75, 3.05) is 7.11 Å². The van der Waals surface area contributed by atoms with Crippen LogP contribution < -0.4 is 4.74 Å². The Bertz CT molecular complexity index is 397. The number of ether oxygens (including phenoxy) is 2. The van der Waals surface area contributed by atoms with Crippen molar-refractivity contribution in [3.05, 3.63) is 29.8 Å². The highest BCUT2D eigenvalue weighted by atomic mass is 16.5. The molecule has 1 aliphatic rings. The van der Waals surface area contributed by atoms with Crippen LogP contribution in [-0.4, -0.2) is 13.1 Å². The third-order valence-corrected chi connectivity index (χ3v) is 3.49. The number of methoxy groups -OCH3 is 1. The van der Waals surface area contributed by atoms with Crippen molar-refractivity contribution in [3.63, 3.8) is 0 Å². The highest BCUT2D eigenvalue weighted by Crippen LogP contribution is 2.33. The summed E-state index contributed by atoms with van der Waals surface area (Å²) in [6, 6.07) is 7.75. The fourth-order valence-electron chi connectivity index (χ4n) is 2.43. The Morgan fingerprint density at radius 1 is 1.28 bits per heavy atom. The zero-order valence-electron chi connectivity index (χ0n) is 11.0. The van der Waals surface area contributed by atoms with Crippen molar-refractivity contribution >= 4 is 5.97 Å². The van der Waals surface area contributed by atoms with E-state index in [1.54, 1.807) is 7.11 Å². The van der Waals surface area contributed by atoms with Gasteiger partial charge >= 0.3 is 5.97 Å². The molecule has 0 aliphatic carbocycles. The van der Waals surface area contributed by atoms with Gasteiger partial charge in [0.2, 0.25) is 0 Å². The molecule has 3 nitrogen and oxygen atoms in total. The Kier molecular flexibility index (Phi) is 4.24. The van der Waals surface area contributed by atoms with Crippen LogP contribution in [0.15, 0.2) is 24.3 Å². The van der Waals surface area contributed by atoms with Crippen molar-refractivity contribution in [1.82, 2.24) is 0 Å². The van der Waals surface area contributed by atoms with Gasteiger partial charge in [0, 0.05) is 0 Å². The predicted molar refractivity (Wildman–Crippen MR) is 69.5 cm³/mol. The number of esters is 1. The summed E-state index contributed by atoms with van der Waals surface area (Å²) in [4.78, 5) is 11.8. The first-order chi connectivity index (χ1) is 8.74. The van der Waals surface area contributed by atoms with E-state index in [0.29, 0.717) is 0 Å². The molecule has 0 spiro atoms. The van der Waals surface area contributed by atoms with Crippen LogP contribution in [0.2, 0.25) is 0 Å². The molecular weight excluding hydrogens is 228 g/mol. The van der Waals surface area contributed by atoms with Crippen LogP contribution >= 0.6 is 0 Å². The van der Waals surface area contributed by atoms with E-state index in [4.69, 9.17) is 9.47 Å². The number of carbonyl (C=O) groups is 1. The van der Waals surface area contributed by atoms with Gasteiger partial charge < -0.3 is 9.47 Å². The largest absolute Gasteiger partial charge is 0.497 e. The zero-order valence-corrected chi connectivity index (χ0v) is 11.0. The molecule has 2 unspecified atom stereocenters. The molecule has 3 heteroatoms. The van der Waals surface area contributed by atoms with Crippen LogP contribution in [0.3, 0.4) is 0 Å². The lowest BCUT2D eigenvalue weighted by molar-refractivity contribution is -0.161. The summed E-state index contributed by atoms with van der Waals surface area (Å²) < 4.78 is 10.7. The SMILES string of the molecule is CCCC1CCC(c2ccc(OC)cc2)OC1=O. The fraction of sp³-hybridized carbons (Fsp3) is 0.533. The van der Waals surface area contributed by atoms with Gasteiger partial charge in [0.25, 0.3) is 0 Å². The van der Waals surface area contributed by atoms with E-state index < -0.39 is 0 Å². The van der Waals surface area contributed by atoms with E-state index in [9.17, 15) is 4.79 Å². The highest BCUT2D eigenvalue weighted by molar-refractivity contribution is 5.73. The molecule has 18 heavy (non-hydrogen) atoms. The van der Waals surface area contributed by atoms with Crippen molar-refractivity contribution in [3.8, 4) is 5.75 Å². The molecule has 1 aromatic rings. The Balaban J connectivity index is 2.00. The second kappa shape index (κ2) is 5.89. The minimum absolute atomic E-state index is 0.0380. The monoisotopic (exact) mass is 248 g/mol. The molecule has 1 saturated heterocycles. The molecule has 1 aromatic carbocycles. The molecule has 0 N–H and O–H groups in total. The first kappa shape index (κ1) is 12.9. The molecule has 0 amide bonds. The minimum Gasteiger partial charge on any atom is -0.497 e. The fourth-order valence-corrected chi connectivity index (χ4v) is 2.43. The van der Waals surface area contributed by atoms with Crippen LogP contribution in [0, 0.1) is 5.92 Å². The van der Waals surface area contributed by atoms with Gasteiger partial charge in [-0.3, -0.25) is 4.79 Å². The van der Waals surface area contributed by atoms with E-state index in [1.807, 2.05) is 24.3 Å². The molecule has 1 heterocycles. The lowest BCUT2D eigenvalue weighted by Gasteiger charge is -2.28. The van der Waals surface area contributed by atoms with E-state index in [0.717, 1.165) is 37.0 Å². The molecule has 2 atom stereocenters. The molecular formula is C15H20O3. The molecule has 1 aliphatic heterocycles. The number of benzene rings is 1. The van der Waals surface area contributed by atoms with E-state index in [2.05, 4.69) is 6.92 Å². The second-order valence-electron chi connectivity index (χ2n) is 4.76. The summed E-state index contributed by atoms with van der Waals surface area (Å²) in [6.45, 7) is 2.10. The van der Waals surface area contributed by atoms with Gasteiger partial charge in [0.15, 0.2) is 0 Å². The van der Waals surface area contributed by atoms with Crippen molar-refractivity contribution in [1.29, 1.82) is 0 Å². The molecule has 0 aromatic heterocycles. The van der Waals surface area contributed by atoms with Crippen LogP contribution in [0.1, 0.15) is 44.3 Å². The predicted octanol–water partition coefficient (Wildman–Crippen LogP) is 3.49. The van der Waals surface area contributed by atoms with Gasteiger partial charge in [-0.15, -0.1) is 0 Å². The maximum absolute atomic E-state index is 11.8. The normalized spacial score (nSPS) is 23.6. The lowest BCUT2D eigenvalue weighted by atomic mass is 9.91. The minimum atomic E-state index is -0.0866. The average molecular weight is 248 g/mol. The van der Waals surface area contributed by atoms with Gasteiger partial charge in [-0.25, -0.2) is 0 Å². The third-order valence-electron chi connectivity index (χ3n) is 3.49. The van der Waals surface area contributed by atoms with Gasteiger partial charge in [-0.2, -0.15) is 0 Å².